The molecule has 0 saturated carbocycles. The van der Waals surface area contributed by atoms with Crippen LogP contribution >= 0.6 is 23.2 Å². The highest BCUT2D eigenvalue weighted by molar-refractivity contribution is 6.36. The van der Waals surface area contributed by atoms with Crippen LogP contribution in [0.5, 0.6) is 0 Å². The Morgan fingerprint density at radius 2 is 1.73 bits per heavy atom. The van der Waals surface area contributed by atoms with Crippen LogP contribution in [-0.4, -0.2) is 23.1 Å². The van der Waals surface area contributed by atoms with Crippen LogP contribution in [0.15, 0.2) is 34.0 Å². The predicted molar refractivity (Wildman–Crippen MR) is 101 cm³/mol. The van der Waals surface area contributed by atoms with E-state index in [-0.39, 0.29) is 5.56 Å². The standard InChI is InChI=1S/C17H15Cl2N5O2/c1-9-7-24-13-14(21(2)17(26)22(3)15(13)25)20-16(24)23(9)8-10-11(18)5-4-6-12(10)19/h4-7H,8H2,1-3H3. The van der Waals surface area contributed by atoms with Crippen LogP contribution in [-0.2, 0) is 20.6 Å². The van der Waals surface area contributed by atoms with E-state index >= 15 is 0 Å². The average molecular weight is 392 g/mol. The average Bonchev–Trinajstić information content (AvgIpc) is 3.10. The second-order valence-electron chi connectivity index (χ2n) is 6.22. The number of aromatic nitrogens is 5. The predicted octanol–water partition coefficient (Wildman–Crippen LogP) is 2.35. The molecule has 0 radical (unpaired) electrons. The molecular weight excluding hydrogens is 377 g/mol. The number of benzene rings is 1. The van der Waals surface area contributed by atoms with Crippen molar-refractivity contribution >= 4 is 40.1 Å². The van der Waals surface area contributed by atoms with Gasteiger partial charge in [-0.25, -0.2) is 4.79 Å². The largest absolute Gasteiger partial charge is 0.332 e. The summed E-state index contributed by atoms with van der Waals surface area (Å²) in [5.74, 6) is 0.548. The molecule has 0 aliphatic rings. The van der Waals surface area contributed by atoms with Crippen LogP contribution in [0, 0.1) is 6.92 Å². The summed E-state index contributed by atoms with van der Waals surface area (Å²) in [6.07, 6.45) is 1.82. The molecule has 26 heavy (non-hydrogen) atoms. The van der Waals surface area contributed by atoms with Gasteiger partial charge >= 0.3 is 5.69 Å². The van der Waals surface area contributed by atoms with Gasteiger partial charge in [-0.1, -0.05) is 29.3 Å². The lowest BCUT2D eigenvalue weighted by molar-refractivity contribution is 0.707. The van der Waals surface area contributed by atoms with Crippen molar-refractivity contribution in [1.29, 1.82) is 0 Å². The lowest BCUT2D eigenvalue weighted by Gasteiger charge is -2.09. The Kier molecular flexibility index (Phi) is 3.75. The van der Waals surface area contributed by atoms with Crippen molar-refractivity contribution in [2.24, 2.45) is 14.1 Å². The molecule has 3 heterocycles. The van der Waals surface area contributed by atoms with E-state index in [1.54, 1.807) is 29.6 Å². The number of halogens is 2. The lowest BCUT2D eigenvalue weighted by atomic mass is 10.2. The summed E-state index contributed by atoms with van der Waals surface area (Å²) in [5, 5.41) is 1.12. The lowest BCUT2D eigenvalue weighted by Crippen LogP contribution is -2.37. The monoisotopic (exact) mass is 391 g/mol. The summed E-state index contributed by atoms with van der Waals surface area (Å²) in [6, 6.07) is 5.34. The van der Waals surface area contributed by atoms with Gasteiger partial charge in [0, 0.05) is 41.6 Å². The van der Waals surface area contributed by atoms with Crippen molar-refractivity contribution in [2.45, 2.75) is 13.5 Å². The maximum atomic E-state index is 12.6. The minimum absolute atomic E-state index is 0.340. The van der Waals surface area contributed by atoms with Crippen molar-refractivity contribution in [2.75, 3.05) is 0 Å². The van der Waals surface area contributed by atoms with E-state index in [9.17, 15) is 9.59 Å². The third-order valence-electron chi connectivity index (χ3n) is 4.63. The molecule has 0 aliphatic carbocycles. The molecule has 0 fully saturated rings. The summed E-state index contributed by atoms with van der Waals surface area (Å²) in [5.41, 5.74) is 1.56. The molecule has 9 heteroatoms. The molecule has 0 unspecified atom stereocenters. The third kappa shape index (κ3) is 2.24. The summed E-state index contributed by atoms with van der Waals surface area (Å²) in [4.78, 5) is 29.3. The number of hydrogen-bond acceptors (Lipinski definition) is 3. The number of aryl methyl sites for hydroxylation is 2. The van der Waals surface area contributed by atoms with Gasteiger partial charge in [-0.15, -0.1) is 0 Å². The smallest absolute Gasteiger partial charge is 0.310 e. The zero-order valence-corrected chi connectivity index (χ0v) is 15.8. The van der Waals surface area contributed by atoms with Gasteiger partial charge in [0.2, 0.25) is 5.78 Å². The number of nitrogens with zero attached hydrogens (tertiary/aromatic N) is 5. The first kappa shape index (κ1) is 16.9. The normalized spacial score (nSPS) is 11.7. The third-order valence-corrected chi connectivity index (χ3v) is 5.34. The van der Waals surface area contributed by atoms with Gasteiger partial charge in [-0.2, -0.15) is 4.98 Å². The van der Waals surface area contributed by atoms with Crippen LogP contribution in [0.25, 0.3) is 16.9 Å². The van der Waals surface area contributed by atoms with Crippen molar-refractivity contribution in [3.8, 4) is 0 Å². The molecule has 0 aliphatic heterocycles. The molecule has 1 aromatic carbocycles. The van der Waals surface area contributed by atoms with Crippen LogP contribution in [0.1, 0.15) is 11.3 Å². The maximum absolute atomic E-state index is 12.6. The van der Waals surface area contributed by atoms with E-state index < -0.39 is 5.69 Å². The highest BCUT2D eigenvalue weighted by Gasteiger charge is 2.19. The Morgan fingerprint density at radius 3 is 2.38 bits per heavy atom. The second kappa shape index (κ2) is 5.75. The molecule has 0 N–H and O–H groups in total. The fraction of sp³-hybridized carbons (Fsp3) is 0.235. The minimum atomic E-state index is -0.416. The van der Waals surface area contributed by atoms with Gasteiger partial charge < -0.3 is 4.57 Å². The van der Waals surface area contributed by atoms with E-state index in [0.29, 0.717) is 33.5 Å². The first-order chi connectivity index (χ1) is 12.3. The van der Waals surface area contributed by atoms with Crippen molar-refractivity contribution in [3.63, 3.8) is 0 Å². The van der Waals surface area contributed by atoms with Crippen LogP contribution in [0.4, 0.5) is 0 Å². The zero-order valence-electron chi connectivity index (χ0n) is 14.3. The second-order valence-corrected chi connectivity index (χ2v) is 7.03. The van der Waals surface area contributed by atoms with Crippen molar-refractivity contribution in [1.82, 2.24) is 23.1 Å². The van der Waals surface area contributed by atoms with Crippen molar-refractivity contribution in [3.05, 3.63) is 66.5 Å². The van der Waals surface area contributed by atoms with Gasteiger partial charge in [-0.05, 0) is 19.1 Å². The van der Waals surface area contributed by atoms with Crippen LogP contribution in [0.2, 0.25) is 10.0 Å². The van der Waals surface area contributed by atoms with Crippen LogP contribution < -0.4 is 11.2 Å². The molecule has 0 bridgehead atoms. The van der Waals surface area contributed by atoms with E-state index in [1.165, 1.54) is 11.6 Å². The highest BCUT2D eigenvalue weighted by atomic mass is 35.5. The number of imidazole rings is 2. The fourth-order valence-corrected chi connectivity index (χ4v) is 3.68. The molecule has 134 valence electrons. The Hall–Kier alpha value is -2.51. The van der Waals surface area contributed by atoms with E-state index in [4.69, 9.17) is 23.2 Å². The summed E-state index contributed by atoms with van der Waals surface area (Å²) in [6.45, 7) is 2.32. The van der Waals surface area contributed by atoms with Gasteiger partial charge in [0.1, 0.15) is 0 Å². The van der Waals surface area contributed by atoms with Gasteiger partial charge in [0.15, 0.2) is 11.2 Å². The molecule has 0 saturated heterocycles. The molecule has 4 aromatic rings. The zero-order chi connectivity index (χ0) is 18.7. The first-order valence-corrected chi connectivity index (χ1v) is 8.63. The van der Waals surface area contributed by atoms with E-state index in [0.717, 1.165) is 15.8 Å². The van der Waals surface area contributed by atoms with Gasteiger partial charge in [0.25, 0.3) is 5.56 Å². The molecule has 0 amide bonds. The number of rotatable bonds is 2. The first-order valence-electron chi connectivity index (χ1n) is 7.88. The van der Waals surface area contributed by atoms with Gasteiger partial charge in [-0.3, -0.25) is 18.3 Å². The SMILES string of the molecule is Cc1cn2c3c(=O)n(C)c(=O)n(C)c3nc2n1Cc1c(Cl)cccc1Cl. The maximum Gasteiger partial charge on any atom is 0.332 e. The molecule has 0 spiro atoms. The Bertz CT molecular complexity index is 1290. The molecule has 7 nitrogen and oxygen atoms in total. The number of hydrogen-bond donors (Lipinski definition) is 0. The highest BCUT2D eigenvalue weighted by Crippen LogP contribution is 2.27. The topological polar surface area (TPSA) is 66.2 Å². The Labute approximate surface area is 157 Å². The number of fused-ring (bicyclic) bond motifs is 3. The summed E-state index contributed by atoms with van der Waals surface area (Å²) >= 11 is 12.6. The minimum Gasteiger partial charge on any atom is -0.310 e. The Morgan fingerprint density at radius 1 is 1.08 bits per heavy atom. The van der Waals surface area contributed by atoms with Crippen molar-refractivity contribution < 1.29 is 0 Å². The summed E-state index contributed by atoms with van der Waals surface area (Å²) < 4.78 is 6.06. The fourth-order valence-electron chi connectivity index (χ4n) is 3.17. The van der Waals surface area contributed by atoms with Crippen LogP contribution in [0.3, 0.4) is 0 Å². The molecule has 4 rings (SSSR count). The quantitative estimate of drug-likeness (QED) is 0.526. The van der Waals surface area contributed by atoms with E-state index in [1.807, 2.05) is 17.7 Å². The van der Waals surface area contributed by atoms with Gasteiger partial charge in [0.05, 0.1) is 6.54 Å². The summed E-state index contributed by atoms with van der Waals surface area (Å²) in [7, 11) is 3.05. The Balaban J connectivity index is 2.05. The molecule has 0 atom stereocenters. The van der Waals surface area contributed by atoms with E-state index in [2.05, 4.69) is 4.98 Å². The molecule has 3 aromatic heterocycles. The molecular formula is C17H15Cl2N5O2.